The van der Waals surface area contributed by atoms with Gasteiger partial charge in [0.25, 0.3) is 0 Å². The largest absolute Gasteiger partial charge is 0.490 e. The Labute approximate surface area is 215 Å². The van der Waals surface area contributed by atoms with Crippen LogP contribution in [0.3, 0.4) is 0 Å². The molecule has 194 valence electrons. The van der Waals surface area contributed by atoms with Crippen molar-refractivity contribution in [3.8, 4) is 11.5 Å². The Kier molecular flexibility index (Phi) is 4.60. The fourth-order valence-corrected chi connectivity index (χ4v) is 11.2. The van der Waals surface area contributed by atoms with Gasteiger partial charge < -0.3 is 18.9 Å². The lowest BCUT2D eigenvalue weighted by Crippen LogP contribution is -2.50. The zero-order chi connectivity index (χ0) is 23.5. The summed E-state index contributed by atoms with van der Waals surface area (Å²) in [6.07, 6.45) is 17.7. The number of ether oxygens (including phenoxy) is 4. The van der Waals surface area contributed by atoms with Crippen LogP contribution in [-0.2, 0) is 20.3 Å². The smallest absolute Gasteiger partial charge is 0.126 e. The second-order valence-corrected chi connectivity index (χ2v) is 14.8. The molecular weight excluding hydrogens is 448 g/mol. The average Bonchev–Trinajstić information content (AvgIpc) is 3.75. The number of hydrogen-bond donors (Lipinski definition) is 0. The van der Waals surface area contributed by atoms with Crippen molar-refractivity contribution in [2.45, 2.75) is 100 Å². The Bertz CT molecular complexity index is 903. The van der Waals surface area contributed by atoms with Gasteiger partial charge >= 0.3 is 0 Å². The molecule has 8 aliphatic carbocycles. The highest BCUT2D eigenvalue weighted by atomic mass is 16.6. The Hall–Kier alpha value is -1.26. The summed E-state index contributed by atoms with van der Waals surface area (Å²) in [5.74, 6) is 7.83. The van der Waals surface area contributed by atoms with Gasteiger partial charge in [-0.25, -0.2) is 0 Å². The first kappa shape index (κ1) is 21.6. The summed E-state index contributed by atoms with van der Waals surface area (Å²) >= 11 is 0. The molecule has 4 nitrogen and oxygen atoms in total. The van der Waals surface area contributed by atoms with Gasteiger partial charge in [-0.05, 0) is 129 Å². The SMILES string of the molecule is c1c(OC[C@@H]2CO2)c(C23CC4CC(CC(C4)C2)C3)cc(C23CC4CC(CC(C4)C2)C3)c1OC[C@H]1CO1. The molecule has 2 saturated heterocycles. The highest BCUT2D eigenvalue weighted by Gasteiger charge is 2.55. The summed E-state index contributed by atoms with van der Waals surface area (Å²) in [4.78, 5) is 0. The number of hydrogen-bond acceptors (Lipinski definition) is 4. The topological polar surface area (TPSA) is 43.5 Å². The van der Waals surface area contributed by atoms with Crippen LogP contribution in [0, 0.1) is 35.5 Å². The van der Waals surface area contributed by atoms with E-state index in [0.29, 0.717) is 24.0 Å². The predicted octanol–water partition coefficient (Wildman–Crippen LogP) is 6.18. The maximum atomic E-state index is 6.65. The van der Waals surface area contributed by atoms with E-state index in [-0.39, 0.29) is 12.2 Å². The summed E-state index contributed by atoms with van der Waals surface area (Å²) in [6.45, 7) is 3.06. The van der Waals surface area contributed by atoms with Crippen LogP contribution in [-0.4, -0.2) is 38.6 Å². The minimum Gasteiger partial charge on any atom is -0.490 e. The van der Waals surface area contributed by atoms with Gasteiger partial charge in [-0.2, -0.15) is 0 Å². The predicted molar refractivity (Wildman–Crippen MR) is 137 cm³/mol. The third-order valence-corrected chi connectivity index (χ3v) is 12.0. The molecule has 4 heteroatoms. The van der Waals surface area contributed by atoms with Gasteiger partial charge in [-0.15, -0.1) is 0 Å². The van der Waals surface area contributed by atoms with Gasteiger partial charge in [0, 0.05) is 17.2 Å². The Morgan fingerprint density at radius 2 is 0.889 bits per heavy atom. The minimum absolute atomic E-state index is 0.279. The first-order chi connectivity index (χ1) is 17.6. The second-order valence-electron chi connectivity index (χ2n) is 14.8. The van der Waals surface area contributed by atoms with Crippen molar-refractivity contribution in [1.29, 1.82) is 0 Å². The van der Waals surface area contributed by atoms with Crippen LogP contribution < -0.4 is 9.47 Å². The summed E-state index contributed by atoms with van der Waals surface area (Å²) < 4.78 is 24.4. The zero-order valence-electron chi connectivity index (χ0n) is 21.7. The molecule has 1 aromatic rings. The van der Waals surface area contributed by atoms with Gasteiger partial charge in [0.05, 0.1) is 13.2 Å². The van der Waals surface area contributed by atoms with Crippen molar-refractivity contribution in [3.05, 3.63) is 23.3 Å². The quantitative estimate of drug-likeness (QED) is 0.408. The Morgan fingerprint density at radius 1 is 0.556 bits per heavy atom. The highest BCUT2D eigenvalue weighted by Crippen LogP contribution is 2.65. The molecule has 10 fully saturated rings. The fraction of sp³-hybridized carbons (Fsp3) is 0.812. The van der Waals surface area contributed by atoms with Gasteiger partial charge in [0.2, 0.25) is 0 Å². The molecule has 1 aromatic carbocycles. The lowest BCUT2D eigenvalue weighted by molar-refractivity contribution is -0.00999. The zero-order valence-corrected chi connectivity index (χ0v) is 21.7. The monoisotopic (exact) mass is 490 g/mol. The Morgan fingerprint density at radius 3 is 1.19 bits per heavy atom. The number of rotatable bonds is 8. The van der Waals surface area contributed by atoms with E-state index >= 15 is 0 Å². The number of epoxide rings is 2. The van der Waals surface area contributed by atoms with E-state index in [0.717, 1.165) is 60.2 Å². The van der Waals surface area contributed by atoms with Crippen molar-refractivity contribution in [1.82, 2.24) is 0 Å². The molecule has 8 saturated carbocycles. The van der Waals surface area contributed by atoms with Gasteiger partial charge in [0.15, 0.2) is 0 Å². The second kappa shape index (κ2) is 7.65. The maximum absolute atomic E-state index is 6.65. The van der Waals surface area contributed by atoms with Crippen LogP contribution in [0.15, 0.2) is 12.1 Å². The van der Waals surface area contributed by atoms with Gasteiger partial charge in [-0.3, -0.25) is 0 Å². The van der Waals surface area contributed by atoms with E-state index in [4.69, 9.17) is 18.9 Å². The van der Waals surface area contributed by atoms with Crippen LogP contribution in [0.25, 0.3) is 0 Å². The van der Waals surface area contributed by atoms with Crippen molar-refractivity contribution in [2.75, 3.05) is 26.4 Å². The normalized spacial score (nSPS) is 48.9. The molecule has 0 radical (unpaired) electrons. The molecular formula is C32H42O4. The van der Waals surface area contributed by atoms with E-state index in [1.807, 2.05) is 0 Å². The van der Waals surface area contributed by atoms with E-state index in [1.165, 1.54) is 77.0 Å². The van der Waals surface area contributed by atoms with Crippen LogP contribution in [0.1, 0.15) is 88.2 Å². The maximum Gasteiger partial charge on any atom is 0.126 e. The lowest BCUT2D eigenvalue weighted by atomic mass is 9.46. The van der Waals surface area contributed by atoms with E-state index in [1.54, 1.807) is 11.1 Å². The van der Waals surface area contributed by atoms with E-state index in [9.17, 15) is 0 Å². The molecule has 0 N–H and O–H groups in total. The van der Waals surface area contributed by atoms with E-state index < -0.39 is 0 Å². The molecule has 2 atom stereocenters. The van der Waals surface area contributed by atoms with Crippen molar-refractivity contribution in [3.63, 3.8) is 0 Å². The Balaban J connectivity index is 1.17. The van der Waals surface area contributed by atoms with Crippen molar-refractivity contribution in [2.24, 2.45) is 35.5 Å². The molecule has 0 spiro atoms. The van der Waals surface area contributed by atoms with E-state index in [2.05, 4.69) is 12.1 Å². The van der Waals surface area contributed by atoms with Crippen molar-refractivity contribution < 1.29 is 18.9 Å². The molecule has 0 unspecified atom stereocenters. The summed E-state index contributed by atoms with van der Waals surface area (Å²) in [5, 5.41) is 0. The molecule has 2 heterocycles. The molecule has 8 bridgehead atoms. The third-order valence-electron chi connectivity index (χ3n) is 12.0. The van der Waals surface area contributed by atoms with Gasteiger partial charge in [0.1, 0.15) is 36.9 Å². The number of benzene rings is 1. The van der Waals surface area contributed by atoms with Crippen LogP contribution >= 0.6 is 0 Å². The molecule has 11 rings (SSSR count). The highest BCUT2D eigenvalue weighted by molar-refractivity contribution is 5.54. The third kappa shape index (κ3) is 3.52. The summed E-state index contributed by atoms with van der Waals surface area (Å²) in [5.41, 5.74) is 3.76. The summed E-state index contributed by atoms with van der Waals surface area (Å²) in [6, 6.07) is 5.04. The van der Waals surface area contributed by atoms with Gasteiger partial charge in [-0.1, -0.05) is 0 Å². The molecule has 10 aliphatic rings. The molecule has 36 heavy (non-hydrogen) atoms. The standard InChI is InChI=1S/C32H42O4/c1-19-2-21-3-20(1)10-31(9-19,11-21)27-7-28(32-12-22-4-23(13-32)6-24(5-22)14-32)30(36-18-26-16-34-26)8-29(27)35-17-25-15-33-25/h7-8,19-26H,1-6,9-18H2/t19?,20?,21?,22?,23?,24?,25-,26+,31?,32?. The fourth-order valence-electron chi connectivity index (χ4n) is 11.2. The van der Waals surface area contributed by atoms with Crippen molar-refractivity contribution >= 4 is 0 Å². The molecule has 0 aromatic heterocycles. The summed E-state index contributed by atoms with van der Waals surface area (Å²) in [7, 11) is 0. The first-order valence-corrected chi connectivity index (χ1v) is 15.3. The molecule has 2 aliphatic heterocycles. The minimum atomic E-state index is 0.279. The lowest BCUT2D eigenvalue weighted by Gasteiger charge is -2.58. The first-order valence-electron chi connectivity index (χ1n) is 15.3. The average molecular weight is 491 g/mol. The molecule has 0 amide bonds. The van der Waals surface area contributed by atoms with Crippen LogP contribution in [0.2, 0.25) is 0 Å². The van der Waals surface area contributed by atoms with Crippen LogP contribution in [0.5, 0.6) is 11.5 Å². The van der Waals surface area contributed by atoms with Crippen LogP contribution in [0.4, 0.5) is 0 Å².